The van der Waals surface area contributed by atoms with Gasteiger partial charge in [0.25, 0.3) is 0 Å². The fraction of sp³-hybridized carbons (Fsp3) is 0.455. The van der Waals surface area contributed by atoms with E-state index in [2.05, 4.69) is 4.90 Å². The van der Waals surface area contributed by atoms with Crippen LogP contribution >= 0.6 is 12.4 Å². The second-order valence-electron chi connectivity index (χ2n) is 4.01. The van der Waals surface area contributed by atoms with Gasteiger partial charge in [0, 0.05) is 25.3 Å². The van der Waals surface area contributed by atoms with Gasteiger partial charge in [-0.25, -0.2) is 8.42 Å². The van der Waals surface area contributed by atoms with Gasteiger partial charge in [-0.2, -0.15) is 0 Å². The van der Waals surface area contributed by atoms with Crippen molar-refractivity contribution in [3.05, 3.63) is 29.8 Å². The molecule has 4 nitrogen and oxygen atoms in total. The quantitative estimate of drug-likeness (QED) is 0.868. The highest BCUT2D eigenvalue weighted by atomic mass is 35.5. The fourth-order valence-corrected chi connectivity index (χ4v) is 3.01. The minimum atomic E-state index is -2.80. The minimum Gasteiger partial charge on any atom is -0.369 e. The molecule has 1 fully saturated rings. The highest BCUT2D eigenvalue weighted by Gasteiger charge is 2.21. The maximum Gasteiger partial charge on any atom is 0.153 e. The molecule has 1 aliphatic rings. The Kier molecular flexibility index (Phi) is 4.80. The summed E-state index contributed by atoms with van der Waals surface area (Å²) in [6.07, 6.45) is 0. The van der Waals surface area contributed by atoms with Crippen LogP contribution in [0.5, 0.6) is 0 Å². The molecule has 0 spiro atoms. The van der Waals surface area contributed by atoms with Gasteiger partial charge in [-0.1, -0.05) is 12.1 Å². The Morgan fingerprint density at radius 3 is 2.12 bits per heavy atom. The van der Waals surface area contributed by atoms with Crippen LogP contribution in [0.2, 0.25) is 0 Å². The lowest BCUT2D eigenvalue weighted by atomic mass is 10.2. The lowest BCUT2D eigenvalue weighted by Gasteiger charge is -2.28. The second-order valence-corrected chi connectivity index (χ2v) is 6.31. The van der Waals surface area contributed by atoms with Gasteiger partial charge < -0.3 is 10.6 Å². The molecule has 0 bridgehead atoms. The van der Waals surface area contributed by atoms with E-state index in [1.54, 1.807) is 0 Å². The molecule has 6 heteroatoms. The van der Waals surface area contributed by atoms with Crippen LogP contribution in [-0.4, -0.2) is 33.0 Å². The molecule has 2 N–H and O–H groups in total. The molecular weight excluding hydrogens is 260 g/mol. The Morgan fingerprint density at radius 1 is 1.12 bits per heavy atom. The average Bonchev–Trinajstić information content (AvgIpc) is 2.29. The van der Waals surface area contributed by atoms with E-state index in [0.29, 0.717) is 19.6 Å². The molecule has 17 heavy (non-hydrogen) atoms. The standard InChI is InChI=1S/C11H16N2O2S.ClH/c12-9-10-1-3-11(4-2-10)13-5-7-16(14,15)8-6-13;/h1-4H,5-9,12H2;1H. The summed E-state index contributed by atoms with van der Waals surface area (Å²) in [5.41, 5.74) is 7.69. The third-order valence-electron chi connectivity index (χ3n) is 2.88. The maximum atomic E-state index is 11.3. The number of rotatable bonds is 2. The van der Waals surface area contributed by atoms with Crippen molar-refractivity contribution < 1.29 is 8.42 Å². The normalized spacial score (nSPS) is 18.5. The van der Waals surface area contributed by atoms with Gasteiger partial charge in [0.15, 0.2) is 9.84 Å². The Labute approximate surface area is 108 Å². The molecule has 2 rings (SSSR count). The van der Waals surface area contributed by atoms with E-state index in [1.807, 2.05) is 24.3 Å². The van der Waals surface area contributed by atoms with Crippen LogP contribution in [0.3, 0.4) is 0 Å². The zero-order valence-corrected chi connectivity index (χ0v) is 11.1. The number of nitrogens with zero attached hydrogens (tertiary/aromatic N) is 1. The van der Waals surface area contributed by atoms with Gasteiger partial charge in [-0.15, -0.1) is 12.4 Å². The molecule has 1 aromatic carbocycles. The number of anilines is 1. The zero-order valence-electron chi connectivity index (χ0n) is 9.50. The zero-order chi connectivity index (χ0) is 11.6. The van der Waals surface area contributed by atoms with Crippen molar-refractivity contribution in [1.29, 1.82) is 0 Å². The molecule has 1 heterocycles. The lowest BCUT2D eigenvalue weighted by Crippen LogP contribution is -2.40. The molecule has 0 radical (unpaired) electrons. The van der Waals surface area contributed by atoms with Gasteiger partial charge in [-0.05, 0) is 17.7 Å². The van der Waals surface area contributed by atoms with E-state index in [4.69, 9.17) is 5.73 Å². The molecule has 0 atom stereocenters. The van der Waals surface area contributed by atoms with E-state index in [-0.39, 0.29) is 23.9 Å². The van der Waals surface area contributed by atoms with Crippen LogP contribution in [0.25, 0.3) is 0 Å². The summed E-state index contributed by atoms with van der Waals surface area (Å²) in [5.74, 6) is 0.511. The summed E-state index contributed by atoms with van der Waals surface area (Å²) in [7, 11) is -2.80. The van der Waals surface area contributed by atoms with Crippen molar-refractivity contribution >= 4 is 27.9 Å². The molecule has 0 saturated carbocycles. The number of sulfone groups is 1. The van der Waals surface area contributed by atoms with Gasteiger partial charge in [-0.3, -0.25) is 0 Å². The summed E-state index contributed by atoms with van der Waals surface area (Å²) in [6.45, 7) is 1.71. The van der Waals surface area contributed by atoms with Crippen molar-refractivity contribution in [2.75, 3.05) is 29.5 Å². The monoisotopic (exact) mass is 276 g/mol. The third kappa shape index (κ3) is 3.59. The first kappa shape index (κ1) is 14.3. The highest BCUT2D eigenvalue weighted by Crippen LogP contribution is 2.17. The summed E-state index contributed by atoms with van der Waals surface area (Å²) in [5, 5.41) is 0. The van der Waals surface area contributed by atoms with E-state index in [9.17, 15) is 8.42 Å². The van der Waals surface area contributed by atoms with Gasteiger partial charge in [0.05, 0.1) is 11.5 Å². The molecule has 0 unspecified atom stereocenters. The highest BCUT2D eigenvalue weighted by molar-refractivity contribution is 7.91. The van der Waals surface area contributed by atoms with Crippen LogP contribution in [-0.2, 0) is 16.4 Å². The number of hydrogen-bond donors (Lipinski definition) is 1. The van der Waals surface area contributed by atoms with E-state index in [1.165, 1.54) is 0 Å². The van der Waals surface area contributed by atoms with Crippen molar-refractivity contribution in [3.8, 4) is 0 Å². The van der Waals surface area contributed by atoms with Crippen LogP contribution in [0, 0.1) is 0 Å². The van der Waals surface area contributed by atoms with E-state index >= 15 is 0 Å². The maximum absolute atomic E-state index is 11.3. The molecule has 0 aromatic heterocycles. The minimum absolute atomic E-state index is 0. The molecule has 1 saturated heterocycles. The molecule has 0 amide bonds. The van der Waals surface area contributed by atoms with Crippen molar-refractivity contribution in [2.24, 2.45) is 5.73 Å². The van der Waals surface area contributed by atoms with Crippen molar-refractivity contribution in [1.82, 2.24) is 0 Å². The molecule has 96 valence electrons. The number of benzene rings is 1. The predicted octanol–water partition coefficient (Wildman–Crippen LogP) is 0.802. The average molecular weight is 277 g/mol. The Balaban J connectivity index is 0.00000144. The smallest absolute Gasteiger partial charge is 0.153 e. The van der Waals surface area contributed by atoms with Crippen LogP contribution in [0.4, 0.5) is 5.69 Å². The Hall–Kier alpha value is -0.780. The number of hydrogen-bond acceptors (Lipinski definition) is 4. The molecule has 0 aliphatic carbocycles. The lowest BCUT2D eigenvalue weighted by molar-refractivity contribution is 0.587. The van der Waals surface area contributed by atoms with Gasteiger partial charge in [0.1, 0.15) is 0 Å². The predicted molar refractivity (Wildman–Crippen MR) is 72.4 cm³/mol. The molecule has 1 aromatic rings. The van der Waals surface area contributed by atoms with Crippen molar-refractivity contribution in [2.45, 2.75) is 6.54 Å². The van der Waals surface area contributed by atoms with Gasteiger partial charge in [0.2, 0.25) is 0 Å². The first-order valence-electron chi connectivity index (χ1n) is 5.35. The van der Waals surface area contributed by atoms with Crippen LogP contribution < -0.4 is 10.6 Å². The largest absolute Gasteiger partial charge is 0.369 e. The summed E-state index contributed by atoms with van der Waals surface area (Å²) < 4.78 is 22.6. The van der Waals surface area contributed by atoms with E-state index < -0.39 is 9.84 Å². The number of nitrogens with two attached hydrogens (primary N) is 1. The fourth-order valence-electron chi connectivity index (χ4n) is 1.81. The van der Waals surface area contributed by atoms with Gasteiger partial charge >= 0.3 is 0 Å². The SMILES string of the molecule is Cl.NCc1ccc(N2CCS(=O)(=O)CC2)cc1. The third-order valence-corrected chi connectivity index (χ3v) is 4.49. The van der Waals surface area contributed by atoms with Crippen LogP contribution in [0.15, 0.2) is 24.3 Å². The second kappa shape index (κ2) is 5.71. The van der Waals surface area contributed by atoms with Crippen LogP contribution in [0.1, 0.15) is 5.56 Å². The molecular formula is C11H17ClN2O2S. The summed E-state index contributed by atoms with van der Waals surface area (Å²) in [6, 6.07) is 7.97. The Bertz CT molecular complexity index is 445. The molecule has 1 aliphatic heterocycles. The first-order chi connectivity index (χ1) is 7.61. The van der Waals surface area contributed by atoms with E-state index in [0.717, 1.165) is 11.3 Å². The summed E-state index contributed by atoms with van der Waals surface area (Å²) in [4.78, 5) is 2.10. The number of halogens is 1. The van der Waals surface area contributed by atoms with Crippen molar-refractivity contribution in [3.63, 3.8) is 0 Å². The Morgan fingerprint density at radius 2 is 1.65 bits per heavy atom. The summed E-state index contributed by atoms with van der Waals surface area (Å²) >= 11 is 0. The first-order valence-corrected chi connectivity index (χ1v) is 7.17. The topological polar surface area (TPSA) is 63.4 Å².